The van der Waals surface area contributed by atoms with E-state index in [0.29, 0.717) is 29.8 Å². The first-order valence-corrected chi connectivity index (χ1v) is 10.8. The highest BCUT2D eigenvalue weighted by Gasteiger charge is 2.74. The SMILES string of the molecule is Cc1ccc([N+](=O)[O-])cc1N1C(=O)[C@@H]2[C@@H]3CCCN3[C@@]3(C(=O)Nc4ccc(F)cc43)[C@H]2C1=O. The highest BCUT2D eigenvalue weighted by molar-refractivity contribution is 6.26. The molecule has 0 unspecified atom stereocenters. The summed E-state index contributed by atoms with van der Waals surface area (Å²) >= 11 is 0. The van der Waals surface area contributed by atoms with Crippen LogP contribution in [0.2, 0.25) is 0 Å². The number of nitrogens with one attached hydrogen (secondary N) is 1. The van der Waals surface area contributed by atoms with E-state index >= 15 is 0 Å². The van der Waals surface area contributed by atoms with Crippen LogP contribution < -0.4 is 10.2 Å². The lowest BCUT2D eigenvalue weighted by molar-refractivity contribution is -0.384. The Kier molecular flexibility index (Phi) is 3.90. The predicted octanol–water partition coefficient (Wildman–Crippen LogP) is 2.47. The Labute approximate surface area is 187 Å². The Morgan fingerprint density at radius 2 is 1.94 bits per heavy atom. The van der Waals surface area contributed by atoms with Gasteiger partial charge in [-0.1, -0.05) is 6.07 Å². The van der Waals surface area contributed by atoms with Gasteiger partial charge in [0.2, 0.25) is 17.7 Å². The smallest absolute Gasteiger partial charge is 0.271 e. The molecule has 1 N–H and O–H groups in total. The maximum Gasteiger partial charge on any atom is 0.271 e. The number of non-ortho nitro benzene ring substituents is 1. The van der Waals surface area contributed by atoms with E-state index in [2.05, 4.69) is 5.32 Å². The molecule has 4 atom stereocenters. The van der Waals surface area contributed by atoms with Gasteiger partial charge in [0.05, 0.1) is 22.4 Å². The number of hydrogen-bond donors (Lipinski definition) is 1. The second-order valence-electron chi connectivity index (χ2n) is 9.06. The first kappa shape index (κ1) is 20.0. The molecule has 10 heteroatoms. The van der Waals surface area contributed by atoms with Crippen molar-refractivity contribution >= 4 is 34.8 Å². The largest absolute Gasteiger partial charge is 0.324 e. The van der Waals surface area contributed by atoms with Crippen molar-refractivity contribution in [3.8, 4) is 0 Å². The first-order valence-electron chi connectivity index (χ1n) is 10.8. The van der Waals surface area contributed by atoms with Gasteiger partial charge in [-0.25, -0.2) is 9.29 Å². The second kappa shape index (κ2) is 6.44. The Bertz CT molecular complexity index is 1300. The summed E-state index contributed by atoms with van der Waals surface area (Å²) in [6, 6.07) is 7.65. The summed E-state index contributed by atoms with van der Waals surface area (Å²) in [7, 11) is 0. The van der Waals surface area contributed by atoms with E-state index in [1.165, 1.54) is 36.4 Å². The van der Waals surface area contributed by atoms with E-state index in [1.54, 1.807) is 6.92 Å². The molecule has 3 saturated heterocycles. The molecule has 9 nitrogen and oxygen atoms in total. The number of fused-ring (bicyclic) bond motifs is 7. The van der Waals surface area contributed by atoms with Crippen molar-refractivity contribution in [1.29, 1.82) is 0 Å². The molecule has 4 aliphatic rings. The van der Waals surface area contributed by atoms with Crippen molar-refractivity contribution in [3.05, 3.63) is 63.5 Å². The maximum atomic E-state index is 14.3. The van der Waals surface area contributed by atoms with Gasteiger partial charge in [0.25, 0.3) is 5.69 Å². The average molecular weight is 450 g/mol. The third-order valence-electron chi connectivity index (χ3n) is 7.60. The van der Waals surface area contributed by atoms with Crippen LogP contribution in [-0.4, -0.2) is 40.1 Å². The summed E-state index contributed by atoms with van der Waals surface area (Å²) in [4.78, 5) is 54.8. The molecule has 0 radical (unpaired) electrons. The number of anilines is 2. The number of amides is 3. The lowest BCUT2D eigenvalue weighted by Crippen LogP contribution is -2.54. The number of nitro groups is 1. The molecule has 4 aliphatic heterocycles. The van der Waals surface area contributed by atoms with Crippen LogP contribution in [0.5, 0.6) is 0 Å². The fraction of sp³-hybridized carbons (Fsp3) is 0.348. The molecule has 6 rings (SSSR count). The van der Waals surface area contributed by atoms with Crippen LogP contribution >= 0.6 is 0 Å². The molecule has 0 aromatic heterocycles. The number of carbonyl (C=O) groups is 3. The number of rotatable bonds is 2. The molecular formula is C23H19FN4O5. The molecule has 33 heavy (non-hydrogen) atoms. The Morgan fingerprint density at radius 1 is 1.15 bits per heavy atom. The molecule has 2 aromatic carbocycles. The molecule has 3 fully saturated rings. The van der Waals surface area contributed by atoms with E-state index in [0.717, 1.165) is 11.3 Å². The number of carbonyl (C=O) groups excluding carboxylic acids is 3. The van der Waals surface area contributed by atoms with Gasteiger partial charge in [-0.05, 0) is 50.1 Å². The standard InChI is InChI=1S/C23H19FN4O5/c1-11-4-6-13(28(32)33)10-17(11)27-20(29)18-16-3-2-8-26(16)23(19(18)21(27)30)14-9-12(24)5-7-15(14)25-22(23)31/h4-7,9-10,16,18-19H,2-3,8H2,1H3,(H,25,31)/t16-,18+,19+,23+/m0/s1. The Balaban J connectivity index is 1.56. The van der Waals surface area contributed by atoms with Gasteiger partial charge >= 0.3 is 0 Å². The number of hydrogen-bond acceptors (Lipinski definition) is 6. The van der Waals surface area contributed by atoms with Gasteiger partial charge in [-0.15, -0.1) is 0 Å². The number of benzene rings is 2. The fourth-order valence-electron chi connectivity index (χ4n) is 6.36. The van der Waals surface area contributed by atoms with Crippen LogP contribution in [0.1, 0.15) is 24.0 Å². The summed E-state index contributed by atoms with van der Waals surface area (Å²) in [6.45, 7) is 2.18. The molecule has 1 spiro atoms. The van der Waals surface area contributed by atoms with Gasteiger partial charge in [-0.3, -0.25) is 29.4 Å². The third kappa shape index (κ3) is 2.31. The third-order valence-corrected chi connectivity index (χ3v) is 7.60. The Morgan fingerprint density at radius 3 is 2.70 bits per heavy atom. The van der Waals surface area contributed by atoms with E-state index in [9.17, 15) is 28.9 Å². The van der Waals surface area contributed by atoms with Crippen molar-refractivity contribution in [1.82, 2.24) is 4.90 Å². The van der Waals surface area contributed by atoms with Gasteiger partial charge in [-0.2, -0.15) is 0 Å². The molecule has 4 heterocycles. The van der Waals surface area contributed by atoms with Gasteiger partial charge < -0.3 is 5.32 Å². The first-order chi connectivity index (χ1) is 15.8. The number of nitro benzene ring substituents is 1. The molecule has 0 bridgehead atoms. The topological polar surface area (TPSA) is 113 Å². The highest BCUT2D eigenvalue weighted by atomic mass is 19.1. The Hall–Kier alpha value is -3.66. The minimum absolute atomic E-state index is 0.145. The van der Waals surface area contributed by atoms with Crippen molar-refractivity contribution in [2.75, 3.05) is 16.8 Å². The van der Waals surface area contributed by atoms with Crippen LogP contribution in [0.25, 0.3) is 0 Å². The summed E-state index contributed by atoms with van der Waals surface area (Å²) in [5.41, 5.74) is -0.257. The lowest BCUT2D eigenvalue weighted by atomic mass is 9.75. The molecule has 168 valence electrons. The van der Waals surface area contributed by atoms with Crippen LogP contribution in [-0.2, 0) is 19.9 Å². The van der Waals surface area contributed by atoms with Crippen LogP contribution in [0.4, 0.5) is 21.5 Å². The van der Waals surface area contributed by atoms with E-state index < -0.39 is 45.8 Å². The lowest BCUT2D eigenvalue weighted by Gasteiger charge is -2.36. The zero-order valence-electron chi connectivity index (χ0n) is 17.6. The van der Waals surface area contributed by atoms with Crippen molar-refractivity contribution < 1.29 is 23.7 Å². The highest BCUT2D eigenvalue weighted by Crippen LogP contribution is 2.60. The number of imide groups is 1. The van der Waals surface area contributed by atoms with Gasteiger partial charge in [0.1, 0.15) is 11.4 Å². The zero-order valence-corrected chi connectivity index (χ0v) is 17.6. The van der Waals surface area contributed by atoms with E-state index in [-0.39, 0.29) is 17.4 Å². The van der Waals surface area contributed by atoms with Crippen molar-refractivity contribution in [2.45, 2.75) is 31.3 Å². The minimum atomic E-state index is -1.49. The summed E-state index contributed by atoms with van der Waals surface area (Å²) in [6.07, 6.45) is 1.37. The summed E-state index contributed by atoms with van der Waals surface area (Å²) < 4.78 is 14.3. The predicted molar refractivity (Wildman–Crippen MR) is 114 cm³/mol. The van der Waals surface area contributed by atoms with E-state index in [4.69, 9.17) is 0 Å². The normalized spacial score (nSPS) is 30.1. The molecule has 2 aromatic rings. The number of nitrogens with zero attached hydrogens (tertiary/aromatic N) is 3. The quantitative estimate of drug-likeness (QED) is 0.427. The second-order valence-corrected chi connectivity index (χ2v) is 9.06. The minimum Gasteiger partial charge on any atom is -0.324 e. The van der Waals surface area contributed by atoms with Crippen molar-refractivity contribution in [3.63, 3.8) is 0 Å². The molecule has 3 amide bonds. The van der Waals surface area contributed by atoms with Gasteiger partial charge in [0, 0.05) is 29.4 Å². The zero-order chi connectivity index (χ0) is 23.2. The molecule has 0 aliphatic carbocycles. The van der Waals surface area contributed by atoms with E-state index in [1.807, 2.05) is 4.90 Å². The summed E-state index contributed by atoms with van der Waals surface area (Å²) in [5.74, 6) is -3.88. The fourth-order valence-corrected chi connectivity index (χ4v) is 6.36. The maximum absolute atomic E-state index is 14.3. The van der Waals surface area contributed by atoms with Crippen molar-refractivity contribution in [2.24, 2.45) is 11.8 Å². The summed E-state index contributed by atoms with van der Waals surface area (Å²) in [5, 5.41) is 14.1. The van der Waals surface area contributed by atoms with Crippen LogP contribution in [0.3, 0.4) is 0 Å². The van der Waals surface area contributed by atoms with Crippen LogP contribution in [0.15, 0.2) is 36.4 Å². The molecular weight excluding hydrogens is 431 g/mol. The number of halogens is 1. The van der Waals surface area contributed by atoms with Crippen LogP contribution in [0, 0.1) is 34.7 Å². The number of aryl methyl sites for hydroxylation is 1. The monoisotopic (exact) mass is 450 g/mol. The van der Waals surface area contributed by atoms with Gasteiger partial charge in [0.15, 0.2) is 0 Å². The molecule has 0 saturated carbocycles. The average Bonchev–Trinajstić information content (AvgIpc) is 3.47.